The van der Waals surface area contributed by atoms with Crippen LogP contribution in [-0.4, -0.2) is 16.5 Å². The summed E-state index contributed by atoms with van der Waals surface area (Å²) in [7, 11) is 0. The Bertz CT molecular complexity index is 488. The van der Waals surface area contributed by atoms with Crippen molar-refractivity contribution in [2.24, 2.45) is 11.7 Å². The van der Waals surface area contributed by atoms with Crippen LogP contribution in [0.3, 0.4) is 0 Å². The number of aryl methyl sites for hydroxylation is 1. The molecule has 0 saturated carbocycles. The summed E-state index contributed by atoms with van der Waals surface area (Å²) in [5, 5.41) is 0. The molecule has 1 atom stereocenters. The zero-order valence-corrected chi connectivity index (χ0v) is 10.4. The second-order valence-corrected chi connectivity index (χ2v) is 4.66. The normalized spacial score (nSPS) is 12.6. The molecular weight excluding hydrogens is 210 g/mol. The van der Waals surface area contributed by atoms with Gasteiger partial charge < -0.3 is 10.7 Å². The van der Waals surface area contributed by atoms with E-state index in [0.29, 0.717) is 12.5 Å². The lowest BCUT2D eigenvalue weighted by atomic mass is 10.1. The first-order valence-corrected chi connectivity index (χ1v) is 6.00. The van der Waals surface area contributed by atoms with Gasteiger partial charge in [0.1, 0.15) is 5.82 Å². The van der Waals surface area contributed by atoms with Crippen LogP contribution in [-0.2, 0) is 6.42 Å². The molecule has 0 aliphatic rings. The number of rotatable bonds is 4. The average molecular weight is 229 g/mol. The lowest BCUT2D eigenvalue weighted by Crippen LogP contribution is -2.13. The van der Waals surface area contributed by atoms with Gasteiger partial charge in [0.2, 0.25) is 0 Å². The van der Waals surface area contributed by atoms with E-state index in [1.807, 2.05) is 6.20 Å². The van der Waals surface area contributed by atoms with E-state index in [1.165, 1.54) is 11.1 Å². The van der Waals surface area contributed by atoms with Crippen molar-refractivity contribution in [1.29, 1.82) is 0 Å². The monoisotopic (exact) mass is 229 g/mol. The first kappa shape index (κ1) is 11.9. The fourth-order valence-corrected chi connectivity index (χ4v) is 1.84. The molecule has 3 N–H and O–H groups in total. The number of hydrogen-bond acceptors (Lipinski definition) is 2. The highest BCUT2D eigenvalue weighted by atomic mass is 14.9. The van der Waals surface area contributed by atoms with Crippen LogP contribution in [0.2, 0.25) is 0 Å². The van der Waals surface area contributed by atoms with Gasteiger partial charge in [0.15, 0.2) is 0 Å². The summed E-state index contributed by atoms with van der Waals surface area (Å²) in [6.07, 6.45) is 2.80. The summed E-state index contributed by atoms with van der Waals surface area (Å²) >= 11 is 0. The zero-order valence-electron chi connectivity index (χ0n) is 10.4. The standard InChI is InChI=1S/C14H19N3/c1-10-4-3-5-12(6-10)13-9-16-14(17-13)7-11(2)8-15/h3-6,9,11H,7-8,15H2,1-2H3,(H,16,17). The number of benzene rings is 1. The molecule has 0 spiro atoms. The van der Waals surface area contributed by atoms with Crippen LogP contribution in [0.4, 0.5) is 0 Å². The Hall–Kier alpha value is -1.61. The Morgan fingerprint density at radius 1 is 1.41 bits per heavy atom. The molecule has 0 saturated heterocycles. The Morgan fingerprint density at radius 3 is 2.94 bits per heavy atom. The molecule has 0 fully saturated rings. The molecule has 0 amide bonds. The van der Waals surface area contributed by atoms with E-state index in [-0.39, 0.29) is 0 Å². The maximum absolute atomic E-state index is 5.62. The molecule has 1 heterocycles. The highest BCUT2D eigenvalue weighted by Gasteiger charge is 2.06. The molecule has 2 aromatic rings. The minimum Gasteiger partial charge on any atom is -0.342 e. The topological polar surface area (TPSA) is 54.7 Å². The highest BCUT2D eigenvalue weighted by Crippen LogP contribution is 2.18. The van der Waals surface area contributed by atoms with Crippen molar-refractivity contribution >= 4 is 0 Å². The molecule has 3 nitrogen and oxygen atoms in total. The van der Waals surface area contributed by atoms with Crippen LogP contribution in [0.5, 0.6) is 0 Å². The van der Waals surface area contributed by atoms with Gasteiger partial charge in [-0.25, -0.2) is 4.98 Å². The second kappa shape index (κ2) is 5.15. The Morgan fingerprint density at radius 2 is 2.24 bits per heavy atom. The third kappa shape index (κ3) is 2.94. The van der Waals surface area contributed by atoms with E-state index in [0.717, 1.165) is 17.9 Å². The molecule has 0 aliphatic carbocycles. The number of nitrogens with zero attached hydrogens (tertiary/aromatic N) is 1. The number of nitrogens with one attached hydrogen (secondary N) is 1. The number of aromatic amines is 1. The fraction of sp³-hybridized carbons (Fsp3) is 0.357. The molecule has 0 bridgehead atoms. The molecule has 1 unspecified atom stereocenters. The maximum atomic E-state index is 5.62. The molecule has 1 aromatic carbocycles. The average Bonchev–Trinajstić information content (AvgIpc) is 2.77. The Labute approximate surface area is 102 Å². The van der Waals surface area contributed by atoms with Crippen molar-refractivity contribution in [3.8, 4) is 11.3 Å². The molecule has 0 aliphatic heterocycles. The predicted molar refractivity (Wildman–Crippen MR) is 70.7 cm³/mol. The van der Waals surface area contributed by atoms with Crippen molar-refractivity contribution < 1.29 is 0 Å². The van der Waals surface area contributed by atoms with Crippen molar-refractivity contribution in [2.45, 2.75) is 20.3 Å². The van der Waals surface area contributed by atoms with Gasteiger partial charge in [0.05, 0.1) is 11.9 Å². The molecule has 17 heavy (non-hydrogen) atoms. The number of imidazole rings is 1. The lowest BCUT2D eigenvalue weighted by Gasteiger charge is -2.04. The van der Waals surface area contributed by atoms with Crippen LogP contribution >= 0.6 is 0 Å². The summed E-state index contributed by atoms with van der Waals surface area (Å²) in [5.41, 5.74) is 9.14. The summed E-state index contributed by atoms with van der Waals surface area (Å²) in [6, 6.07) is 8.41. The second-order valence-electron chi connectivity index (χ2n) is 4.66. The molecule has 0 radical (unpaired) electrons. The van der Waals surface area contributed by atoms with Gasteiger partial charge in [0.25, 0.3) is 0 Å². The molecule has 2 rings (SSSR count). The van der Waals surface area contributed by atoms with Gasteiger partial charge in [-0.1, -0.05) is 30.7 Å². The third-order valence-electron chi connectivity index (χ3n) is 2.90. The lowest BCUT2D eigenvalue weighted by molar-refractivity contribution is 0.577. The van der Waals surface area contributed by atoms with E-state index in [2.05, 4.69) is 48.1 Å². The number of H-pyrrole nitrogens is 1. The molecule has 1 aromatic heterocycles. The van der Waals surface area contributed by atoms with Gasteiger partial charge in [-0.2, -0.15) is 0 Å². The largest absolute Gasteiger partial charge is 0.342 e. The van der Waals surface area contributed by atoms with Crippen molar-refractivity contribution in [2.75, 3.05) is 6.54 Å². The summed E-state index contributed by atoms with van der Waals surface area (Å²) in [4.78, 5) is 7.75. The van der Waals surface area contributed by atoms with Gasteiger partial charge in [0, 0.05) is 6.42 Å². The minimum absolute atomic E-state index is 0.464. The highest BCUT2D eigenvalue weighted by molar-refractivity contribution is 5.59. The Balaban J connectivity index is 2.18. The van der Waals surface area contributed by atoms with E-state index in [4.69, 9.17) is 5.73 Å². The predicted octanol–water partition coefficient (Wildman–Crippen LogP) is 2.52. The fourth-order valence-electron chi connectivity index (χ4n) is 1.84. The molecule has 3 heteroatoms. The van der Waals surface area contributed by atoms with Crippen molar-refractivity contribution in [3.05, 3.63) is 41.9 Å². The van der Waals surface area contributed by atoms with Gasteiger partial charge in [-0.05, 0) is 31.0 Å². The summed E-state index contributed by atoms with van der Waals surface area (Å²) < 4.78 is 0. The van der Waals surface area contributed by atoms with E-state index in [9.17, 15) is 0 Å². The minimum atomic E-state index is 0.464. The van der Waals surface area contributed by atoms with Crippen molar-refractivity contribution in [3.63, 3.8) is 0 Å². The van der Waals surface area contributed by atoms with Crippen LogP contribution in [0.25, 0.3) is 11.3 Å². The van der Waals surface area contributed by atoms with E-state index >= 15 is 0 Å². The number of hydrogen-bond donors (Lipinski definition) is 2. The van der Waals surface area contributed by atoms with Crippen LogP contribution in [0.1, 0.15) is 18.3 Å². The first-order chi connectivity index (χ1) is 8.19. The quantitative estimate of drug-likeness (QED) is 0.846. The summed E-state index contributed by atoms with van der Waals surface area (Å²) in [6.45, 7) is 4.92. The number of aromatic nitrogens is 2. The molecule has 90 valence electrons. The number of nitrogens with two attached hydrogens (primary N) is 1. The SMILES string of the molecule is Cc1cccc(-c2cnc(CC(C)CN)[nH]2)c1. The Kier molecular flexibility index (Phi) is 3.59. The molecular formula is C14H19N3. The third-order valence-corrected chi connectivity index (χ3v) is 2.90. The maximum Gasteiger partial charge on any atom is 0.106 e. The van der Waals surface area contributed by atoms with Crippen LogP contribution in [0, 0.1) is 12.8 Å². The smallest absolute Gasteiger partial charge is 0.106 e. The zero-order chi connectivity index (χ0) is 12.3. The van der Waals surface area contributed by atoms with Crippen molar-refractivity contribution in [1.82, 2.24) is 9.97 Å². The summed E-state index contributed by atoms with van der Waals surface area (Å²) in [5.74, 6) is 1.48. The van der Waals surface area contributed by atoms with Crippen LogP contribution in [0.15, 0.2) is 30.5 Å². The first-order valence-electron chi connectivity index (χ1n) is 6.00. The van der Waals surface area contributed by atoms with E-state index in [1.54, 1.807) is 0 Å². The van der Waals surface area contributed by atoms with Gasteiger partial charge in [-0.15, -0.1) is 0 Å². The van der Waals surface area contributed by atoms with E-state index < -0.39 is 0 Å². The van der Waals surface area contributed by atoms with Crippen LogP contribution < -0.4 is 5.73 Å². The van der Waals surface area contributed by atoms with Gasteiger partial charge >= 0.3 is 0 Å². The van der Waals surface area contributed by atoms with Gasteiger partial charge in [-0.3, -0.25) is 0 Å².